The van der Waals surface area contributed by atoms with Crippen LogP contribution in [0.1, 0.15) is 11.7 Å². The number of benzene rings is 2. The summed E-state index contributed by atoms with van der Waals surface area (Å²) in [6.45, 7) is -1.05. The number of hydrogen-bond donors (Lipinski definition) is 7. The van der Waals surface area contributed by atoms with E-state index in [2.05, 4.69) is 15.3 Å². The quantitative estimate of drug-likeness (QED) is 0.226. The summed E-state index contributed by atoms with van der Waals surface area (Å²) < 4.78 is 47.4. The number of fused-ring (bicyclic) bond motifs is 1. The van der Waals surface area contributed by atoms with Crippen LogP contribution in [-0.2, 0) is 0 Å². The monoisotopic (exact) mass is 485 g/mol. The van der Waals surface area contributed by atoms with Gasteiger partial charge < -0.3 is 40.7 Å². The highest BCUT2D eigenvalue weighted by molar-refractivity contribution is 5.92. The minimum absolute atomic E-state index is 0.0480. The van der Waals surface area contributed by atoms with E-state index in [1.54, 1.807) is 0 Å². The summed E-state index contributed by atoms with van der Waals surface area (Å²) in [7, 11) is 1.16. The molecule has 1 aromatic heterocycles. The maximum atomic E-state index is 15.0. The fourth-order valence-corrected chi connectivity index (χ4v) is 3.25. The number of aliphatic hydroxyl groups is 6. The molecule has 1 heterocycles. The molecule has 34 heavy (non-hydrogen) atoms. The van der Waals surface area contributed by atoms with Crippen LogP contribution in [0.15, 0.2) is 36.7 Å². The molecule has 13 heteroatoms. The first-order valence-electron chi connectivity index (χ1n) is 9.80. The van der Waals surface area contributed by atoms with E-state index in [4.69, 9.17) is 9.84 Å². The van der Waals surface area contributed by atoms with Gasteiger partial charge in [-0.3, -0.25) is 0 Å². The van der Waals surface area contributed by atoms with E-state index in [1.165, 1.54) is 6.07 Å². The van der Waals surface area contributed by atoms with E-state index < -0.39 is 54.1 Å². The lowest BCUT2D eigenvalue weighted by molar-refractivity contribution is -0.260. The van der Waals surface area contributed by atoms with Crippen LogP contribution in [0.3, 0.4) is 0 Å². The molecular formula is C21H22F3N3O7. The zero-order chi connectivity index (χ0) is 25.2. The Morgan fingerprint density at radius 2 is 1.79 bits per heavy atom. The predicted octanol–water partition coefficient (Wildman–Crippen LogP) is 0.427. The molecule has 0 aliphatic rings. The van der Waals surface area contributed by atoms with Gasteiger partial charge in [0.15, 0.2) is 0 Å². The minimum Gasteiger partial charge on any atom is -0.496 e. The van der Waals surface area contributed by atoms with Crippen LogP contribution in [0.25, 0.3) is 10.9 Å². The Morgan fingerprint density at radius 3 is 2.41 bits per heavy atom. The first-order valence-corrected chi connectivity index (χ1v) is 9.80. The molecule has 0 spiro atoms. The Kier molecular flexibility index (Phi) is 7.55. The molecule has 0 fully saturated rings. The number of nitrogens with one attached hydrogen (secondary N) is 1. The largest absolute Gasteiger partial charge is 0.496 e. The molecule has 3 rings (SSSR count). The van der Waals surface area contributed by atoms with Gasteiger partial charge >= 0.3 is 0 Å². The smallest absolute Gasteiger partial charge is 0.266 e. The van der Waals surface area contributed by atoms with Gasteiger partial charge in [-0.1, -0.05) is 0 Å². The molecule has 0 saturated heterocycles. The van der Waals surface area contributed by atoms with Crippen molar-refractivity contribution in [2.75, 3.05) is 19.0 Å². The van der Waals surface area contributed by atoms with Crippen LogP contribution in [0.2, 0.25) is 0 Å². The summed E-state index contributed by atoms with van der Waals surface area (Å²) in [6.07, 6.45) is -8.52. The number of aromatic nitrogens is 2. The van der Waals surface area contributed by atoms with Crippen molar-refractivity contribution >= 4 is 22.4 Å². The van der Waals surface area contributed by atoms with Gasteiger partial charge in [0.1, 0.15) is 53.9 Å². The van der Waals surface area contributed by atoms with Crippen molar-refractivity contribution in [3.8, 4) is 5.75 Å². The standard InChI is InChI=1S/C21H22F3N3O7/c1-34-16-6-10-14(25-8-26-20(10)27-13-3-2-9(22)4-12(13)23)5-11(16)18(31)21(24,33)19(32)17(30)15(29)7-28/h2-6,8,15,17-19,28-33H,7H2,1H3,(H,25,26,27)/t15-,17+,18?,19-,21-/m1/s1. The molecule has 0 radical (unpaired) electrons. The predicted molar refractivity (Wildman–Crippen MR) is 112 cm³/mol. The molecule has 0 bridgehead atoms. The topological polar surface area (TPSA) is 168 Å². The summed E-state index contributed by atoms with van der Waals surface area (Å²) in [5, 5.41) is 61.5. The number of aliphatic hydroxyl groups excluding tert-OH is 5. The third-order valence-corrected chi connectivity index (χ3v) is 5.17. The molecule has 7 N–H and O–H groups in total. The van der Waals surface area contributed by atoms with E-state index in [0.717, 1.165) is 31.6 Å². The molecule has 0 amide bonds. The van der Waals surface area contributed by atoms with Crippen LogP contribution in [0, 0.1) is 11.6 Å². The average molecular weight is 485 g/mol. The molecule has 1 unspecified atom stereocenters. The summed E-state index contributed by atoms with van der Waals surface area (Å²) in [6, 6.07) is 5.16. The highest BCUT2D eigenvalue weighted by atomic mass is 19.2. The van der Waals surface area contributed by atoms with Crippen LogP contribution >= 0.6 is 0 Å². The summed E-state index contributed by atoms with van der Waals surface area (Å²) >= 11 is 0. The average Bonchev–Trinajstić information content (AvgIpc) is 2.82. The van der Waals surface area contributed by atoms with Crippen LogP contribution in [0.5, 0.6) is 5.75 Å². The van der Waals surface area contributed by atoms with Crippen LogP contribution in [-0.4, -0.2) is 78.5 Å². The molecule has 5 atom stereocenters. The number of anilines is 2. The van der Waals surface area contributed by atoms with Crippen molar-refractivity contribution in [3.63, 3.8) is 0 Å². The Balaban J connectivity index is 2.03. The van der Waals surface area contributed by atoms with E-state index >= 15 is 4.39 Å². The summed E-state index contributed by atoms with van der Waals surface area (Å²) in [5.74, 6) is -5.74. The maximum Gasteiger partial charge on any atom is 0.266 e. The van der Waals surface area contributed by atoms with Gasteiger partial charge in [-0.05, 0) is 24.3 Å². The Labute approximate surface area is 190 Å². The molecule has 2 aromatic carbocycles. The third kappa shape index (κ3) is 4.89. The van der Waals surface area contributed by atoms with Crippen molar-refractivity contribution in [3.05, 3.63) is 53.9 Å². The van der Waals surface area contributed by atoms with Gasteiger partial charge in [0.2, 0.25) is 0 Å². The second kappa shape index (κ2) is 10.0. The van der Waals surface area contributed by atoms with Crippen molar-refractivity contribution in [2.24, 2.45) is 0 Å². The number of alkyl halides is 1. The highest BCUT2D eigenvalue weighted by Crippen LogP contribution is 2.40. The van der Waals surface area contributed by atoms with Crippen molar-refractivity contribution < 1.29 is 48.5 Å². The van der Waals surface area contributed by atoms with Crippen LogP contribution in [0.4, 0.5) is 24.7 Å². The lowest BCUT2D eigenvalue weighted by atomic mass is 9.92. The lowest BCUT2D eigenvalue weighted by Gasteiger charge is -2.34. The number of halogens is 3. The molecular weight excluding hydrogens is 463 g/mol. The second-order valence-electron chi connectivity index (χ2n) is 7.40. The van der Waals surface area contributed by atoms with E-state index in [-0.39, 0.29) is 28.2 Å². The number of nitrogens with zero attached hydrogens (tertiary/aromatic N) is 2. The summed E-state index contributed by atoms with van der Waals surface area (Å²) in [5.41, 5.74) is -0.444. The van der Waals surface area contributed by atoms with Gasteiger partial charge in [-0.25, -0.2) is 23.1 Å². The first kappa shape index (κ1) is 25.6. The zero-order valence-electron chi connectivity index (χ0n) is 17.6. The third-order valence-electron chi connectivity index (χ3n) is 5.17. The normalized spacial score (nSPS) is 17.0. The molecule has 0 aliphatic heterocycles. The number of hydrogen-bond acceptors (Lipinski definition) is 10. The molecule has 10 nitrogen and oxygen atoms in total. The van der Waals surface area contributed by atoms with Crippen molar-refractivity contribution in [1.29, 1.82) is 0 Å². The van der Waals surface area contributed by atoms with E-state index in [9.17, 15) is 34.3 Å². The summed E-state index contributed by atoms with van der Waals surface area (Å²) in [4.78, 5) is 7.98. The van der Waals surface area contributed by atoms with Gasteiger partial charge in [0, 0.05) is 17.0 Å². The van der Waals surface area contributed by atoms with Crippen molar-refractivity contribution in [2.45, 2.75) is 30.3 Å². The fraction of sp³-hybridized carbons (Fsp3) is 0.333. The van der Waals surface area contributed by atoms with E-state index in [0.29, 0.717) is 6.07 Å². The number of methoxy groups -OCH3 is 1. The second-order valence-corrected chi connectivity index (χ2v) is 7.40. The van der Waals surface area contributed by atoms with Gasteiger partial charge in [0.05, 0.1) is 24.9 Å². The van der Waals surface area contributed by atoms with Crippen LogP contribution < -0.4 is 10.1 Å². The number of rotatable bonds is 9. The lowest BCUT2D eigenvalue weighted by Crippen LogP contribution is -2.54. The van der Waals surface area contributed by atoms with Crippen molar-refractivity contribution in [1.82, 2.24) is 9.97 Å². The van der Waals surface area contributed by atoms with E-state index in [1.807, 2.05) is 0 Å². The van der Waals surface area contributed by atoms with Gasteiger partial charge in [-0.2, -0.15) is 0 Å². The molecule has 0 saturated carbocycles. The Hall–Kier alpha value is -3.07. The van der Waals surface area contributed by atoms with Gasteiger partial charge in [0.25, 0.3) is 5.85 Å². The molecule has 184 valence electrons. The SMILES string of the molecule is COc1cc2c(Nc3ccc(F)cc3F)ncnc2cc1C(O)[C@](O)(F)[C@H](O)[C@@H](O)[C@H](O)CO. The first-order chi connectivity index (χ1) is 16.0. The number of ether oxygens (including phenoxy) is 1. The fourth-order valence-electron chi connectivity index (χ4n) is 3.25. The molecule has 3 aromatic rings. The van der Waals surface area contributed by atoms with Gasteiger partial charge in [-0.15, -0.1) is 0 Å². The Morgan fingerprint density at radius 1 is 1.09 bits per heavy atom. The molecule has 0 aliphatic carbocycles. The maximum absolute atomic E-state index is 15.0. The Bertz CT molecular complexity index is 1170. The highest BCUT2D eigenvalue weighted by Gasteiger charge is 2.50. The zero-order valence-corrected chi connectivity index (χ0v) is 17.6. The minimum atomic E-state index is -3.90.